The van der Waals surface area contributed by atoms with E-state index in [0.717, 1.165) is 64.2 Å². The molecule has 0 rings (SSSR count). The van der Waals surface area contributed by atoms with Crippen molar-refractivity contribution in [3.05, 3.63) is 48.6 Å². The zero-order chi connectivity index (χ0) is 38.9. The summed E-state index contributed by atoms with van der Waals surface area (Å²) in [7, 11) is -4.39. The first-order valence-corrected chi connectivity index (χ1v) is 22.6. The number of hydrogen-bond acceptors (Lipinski definition) is 8. The Hall–Kier alpha value is -2.03. The number of ether oxygens (including phenoxy) is 2. The van der Waals surface area contributed by atoms with Crippen molar-refractivity contribution in [3.8, 4) is 0 Å². The molecule has 2 unspecified atom stereocenters. The van der Waals surface area contributed by atoms with Gasteiger partial charge in [-0.05, 0) is 77.0 Å². The molecular weight excluding hydrogens is 689 g/mol. The second-order valence-corrected chi connectivity index (χ2v) is 15.3. The van der Waals surface area contributed by atoms with Gasteiger partial charge in [0.25, 0.3) is 0 Å². The number of nitrogens with two attached hydrogens (primary N) is 1. The normalized spacial score (nSPS) is 13.8. The summed E-state index contributed by atoms with van der Waals surface area (Å²) in [5.41, 5.74) is 5.34. The summed E-state index contributed by atoms with van der Waals surface area (Å²) in [6, 6.07) is 0. The molecule has 0 aromatic carbocycles. The van der Waals surface area contributed by atoms with Crippen molar-refractivity contribution in [2.24, 2.45) is 5.73 Å². The van der Waals surface area contributed by atoms with Crippen LogP contribution in [0.4, 0.5) is 0 Å². The van der Waals surface area contributed by atoms with E-state index in [1.54, 1.807) is 0 Å². The van der Waals surface area contributed by atoms with Crippen molar-refractivity contribution in [3.63, 3.8) is 0 Å². The minimum atomic E-state index is -4.39. The van der Waals surface area contributed by atoms with Crippen molar-refractivity contribution in [2.75, 3.05) is 26.4 Å². The molecule has 53 heavy (non-hydrogen) atoms. The van der Waals surface area contributed by atoms with E-state index in [9.17, 15) is 19.0 Å². The standard InChI is InChI=1S/C43H78NO8P/c1-3-5-7-9-11-13-15-17-19-20-22-23-25-27-29-31-33-35-42(45)49-39-41(40-51-53(47,48)50-38-37-44)52-43(46)36-34-32-30-28-26-24-21-18-16-14-12-10-8-6-4-2/h12,14,17-19,21,26,28,41H,3-11,13,15-16,20,22-25,27,29-40,44H2,1-2H3,(H,47,48). The number of unbranched alkanes of at least 4 members (excludes halogenated alkanes) is 18. The van der Waals surface area contributed by atoms with Gasteiger partial charge in [0.05, 0.1) is 13.2 Å². The van der Waals surface area contributed by atoms with Crippen LogP contribution in [0.5, 0.6) is 0 Å². The van der Waals surface area contributed by atoms with Gasteiger partial charge in [0, 0.05) is 19.4 Å². The third-order valence-corrected chi connectivity index (χ3v) is 9.67. The summed E-state index contributed by atoms with van der Waals surface area (Å²) in [6.45, 7) is 3.64. The number of esters is 2. The van der Waals surface area contributed by atoms with Gasteiger partial charge in [-0.2, -0.15) is 0 Å². The summed E-state index contributed by atoms with van der Waals surface area (Å²) in [5, 5.41) is 0. The number of phosphoric ester groups is 1. The van der Waals surface area contributed by atoms with E-state index in [1.165, 1.54) is 83.5 Å². The van der Waals surface area contributed by atoms with Crippen molar-refractivity contribution >= 4 is 19.8 Å². The first-order valence-electron chi connectivity index (χ1n) is 21.1. The van der Waals surface area contributed by atoms with E-state index in [1.807, 2.05) is 0 Å². The third kappa shape index (κ3) is 39.5. The van der Waals surface area contributed by atoms with Gasteiger partial charge in [-0.1, -0.05) is 140 Å². The second-order valence-electron chi connectivity index (χ2n) is 13.8. The highest BCUT2D eigenvalue weighted by atomic mass is 31.2. The van der Waals surface area contributed by atoms with Crippen LogP contribution in [0.3, 0.4) is 0 Å². The van der Waals surface area contributed by atoms with E-state index in [4.69, 9.17) is 24.3 Å². The predicted molar refractivity (Wildman–Crippen MR) is 220 cm³/mol. The number of allylic oxidation sites excluding steroid dienone is 8. The molecule has 0 radical (unpaired) electrons. The van der Waals surface area contributed by atoms with Crippen molar-refractivity contribution in [1.82, 2.24) is 0 Å². The van der Waals surface area contributed by atoms with Crippen LogP contribution in [0.2, 0.25) is 0 Å². The van der Waals surface area contributed by atoms with Gasteiger partial charge < -0.3 is 20.1 Å². The van der Waals surface area contributed by atoms with Crippen LogP contribution < -0.4 is 5.73 Å². The smallest absolute Gasteiger partial charge is 0.462 e. The fraction of sp³-hybridized carbons (Fsp3) is 0.767. The third-order valence-electron chi connectivity index (χ3n) is 8.69. The molecule has 2 atom stereocenters. The Kier molecular flexibility index (Phi) is 38.1. The highest BCUT2D eigenvalue weighted by Crippen LogP contribution is 2.43. The summed E-state index contributed by atoms with van der Waals surface area (Å²) < 4.78 is 32.7. The Bertz CT molecular complexity index is 1010. The number of phosphoric acid groups is 1. The van der Waals surface area contributed by atoms with Crippen LogP contribution in [-0.4, -0.2) is 49.3 Å². The average Bonchev–Trinajstić information content (AvgIpc) is 3.14. The van der Waals surface area contributed by atoms with Crippen LogP contribution in [0.15, 0.2) is 48.6 Å². The molecule has 0 saturated carbocycles. The zero-order valence-electron chi connectivity index (χ0n) is 33.7. The Morgan fingerprint density at radius 2 is 0.981 bits per heavy atom. The molecule has 0 fully saturated rings. The van der Waals surface area contributed by atoms with Crippen LogP contribution in [-0.2, 0) is 32.7 Å². The average molecular weight is 768 g/mol. The van der Waals surface area contributed by atoms with Crippen LogP contribution >= 0.6 is 7.82 Å². The Labute approximate surface area is 324 Å². The lowest BCUT2D eigenvalue weighted by molar-refractivity contribution is -0.161. The molecule has 308 valence electrons. The van der Waals surface area contributed by atoms with E-state index in [0.29, 0.717) is 6.42 Å². The molecule has 0 aliphatic carbocycles. The minimum absolute atomic E-state index is 0.0453. The number of carbonyl (C=O) groups is 2. The summed E-state index contributed by atoms with van der Waals surface area (Å²) in [6.07, 6.45) is 44.3. The van der Waals surface area contributed by atoms with Gasteiger partial charge in [-0.25, -0.2) is 4.57 Å². The number of hydrogen-bond donors (Lipinski definition) is 2. The summed E-state index contributed by atoms with van der Waals surface area (Å²) in [5.74, 6) is -0.880. The van der Waals surface area contributed by atoms with Crippen molar-refractivity contribution in [2.45, 2.75) is 187 Å². The molecule has 0 spiro atoms. The monoisotopic (exact) mass is 768 g/mol. The first-order chi connectivity index (χ1) is 25.8. The van der Waals surface area contributed by atoms with E-state index >= 15 is 0 Å². The minimum Gasteiger partial charge on any atom is -0.462 e. The summed E-state index contributed by atoms with van der Waals surface area (Å²) >= 11 is 0. The molecule has 0 amide bonds. The second kappa shape index (κ2) is 39.7. The van der Waals surface area contributed by atoms with Crippen LogP contribution in [0.25, 0.3) is 0 Å². The molecule has 0 aliphatic rings. The lowest BCUT2D eigenvalue weighted by Gasteiger charge is -2.19. The van der Waals surface area contributed by atoms with Crippen molar-refractivity contribution in [1.29, 1.82) is 0 Å². The lowest BCUT2D eigenvalue weighted by atomic mass is 10.1. The quantitative estimate of drug-likeness (QED) is 0.0271. The largest absolute Gasteiger partial charge is 0.472 e. The van der Waals surface area contributed by atoms with Crippen molar-refractivity contribution < 1.29 is 37.6 Å². The van der Waals surface area contributed by atoms with E-state index in [2.05, 4.69) is 62.5 Å². The molecule has 0 heterocycles. The topological polar surface area (TPSA) is 134 Å². The molecule has 0 bridgehead atoms. The van der Waals surface area contributed by atoms with E-state index in [-0.39, 0.29) is 32.6 Å². The van der Waals surface area contributed by atoms with Gasteiger partial charge in [-0.3, -0.25) is 18.6 Å². The zero-order valence-corrected chi connectivity index (χ0v) is 34.6. The molecule has 0 aromatic heterocycles. The number of rotatable bonds is 39. The van der Waals surface area contributed by atoms with Gasteiger partial charge in [0.15, 0.2) is 6.10 Å². The Morgan fingerprint density at radius 3 is 1.55 bits per heavy atom. The highest BCUT2D eigenvalue weighted by molar-refractivity contribution is 7.47. The number of carbonyl (C=O) groups excluding carboxylic acids is 2. The van der Waals surface area contributed by atoms with Gasteiger partial charge in [-0.15, -0.1) is 0 Å². The maximum absolute atomic E-state index is 12.5. The van der Waals surface area contributed by atoms with Crippen LogP contribution in [0, 0.1) is 0 Å². The van der Waals surface area contributed by atoms with Gasteiger partial charge in [0.2, 0.25) is 0 Å². The molecule has 3 N–H and O–H groups in total. The maximum Gasteiger partial charge on any atom is 0.472 e. The van der Waals surface area contributed by atoms with Crippen LogP contribution in [0.1, 0.15) is 181 Å². The summed E-state index contributed by atoms with van der Waals surface area (Å²) in [4.78, 5) is 34.8. The van der Waals surface area contributed by atoms with Gasteiger partial charge >= 0.3 is 19.8 Å². The Morgan fingerprint density at radius 1 is 0.566 bits per heavy atom. The fourth-order valence-electron chi connectivity index (χ4n) is 5.52. The molecule has 0 saturated heterocycles. The molecule has 10 heteroatoms. The fourth-order valence-corrected chi connectivity index (χ4v) is 6.28. The molecular formula is C43H78NO8P. The Balaban J connectivity index is 4.23. The molecule has 9 nitrogen and oxygen atoms in total. The van der Waals surface area contributed by atoms with Gasteiger partial charge in [0.1, 0.15) is 6.61 Å². The SMILES string of the molecule is CCCCCC=CCC=CCC=CCCCCC(=O)OC(COC(=O)CCCCCCCCCC=CCCCCCCCC)COP(=O)(O)OCCN. The maximum atomic E-state index is 12.5. The van der Waals surface area contributed by atoms with E-state index < -0.39 is 32.5 Å². The molecule has 0 aliphatic heterocycles. The first kappa shape index (κ1) is 51.0. The predicted octanol–water partition coefficient (Wildman–Crippen LogP) is 11.9. The highest BCUT2D eigenvalue weighted by Gasteiger charge is 2.25. The lowest BCUT2D eigenvalue weighted by Crippen LogP contribution is -2.29. The molecule has 0 aromatic rings.